The van der Waals surface area contributed by atoms with Crippen LogP contribution in [0.15, 0.2) is 5.38 Å². The molecule has 0 bridgehead atoms. The van der Waals surface area contributed by atoms with E-state index in [1.54, 1.807) is 11.3 Å². The van der Waals surface area contributed by atoms with Crippen molar-refractivity contribution in [2.24, 2.45) is 0 Å². The van der Waals surface area contributed by atoms with Crippen LogP contribution in [-0.4, -0.2) is 14.9 Å². The number of hydrogen-bond acceptors (Lipinski definition) is 3. The monoisotopic (exact) mass is 265 g/mol. The molecule has 18 heavy (non-hydrogen) atoms. The highest BCUT2D eigenvalue weighted by atomic mass is 32.1. The molecule has 100 valence electrons. The van der Waals surface area contributed by atoms with Gasteiger partial charge >= 0.3 is 0 Å². The highest BCUT2D eigenvalue weighted by molar-refractivity contribution is 7.15. The number of nitrogens with zero attached hydrogens (tertiary/aromatic N) is 2. The normalized spacial score (nSPS) is 12.5. The molecule has 0 saturated carbocycles. The summed E-state index contributed by atoms with van der Waals surface area (Å²) < 4.78 is 2.28. The van der Waals surface area contributed by atoms with Gasteiger partial charge in [-0.25, -0.2) is 4.98 Å². The average Bonchev–Trinajstić information content (AvgIpc) is 2.87. The van der Waals surface area contributed by atoms with Gasteiger partial charge in [-0.05, 0) is 33.6 Å². The second-order valence-electron chi connectivity index (χ2n) is 5.26. The summed E-state index contributed by atoms with van der Waals surface area (Å²) >= 11 is 1.72. The van der Waals surface area contributed by atoms with Crippen LogP contribution in [0.1, 0.15) is 50.7 Å². The summed E-state index contributed by atoms with van der Waals surface area (Å²) in [4.78, 5) is 5.74. The number of nitrogens with one attached hydrogen (secondary N) is 1. The Morgan fingerprint density at radius 2 is 2.00 bits per heavy atom. The van der Waals surface area contributed by atoms with Crippen LogP contribution in [-0.2, 0) is 6.54 Å². The Bertz CT molecular complexity index is 534. The summed E-state index contributed by atoms with van der Waals surface area (Å²) in [5.74, 6) is 0. The van der Waals surface area contributed by atoms with Crippen molar-refractivity contribution < 1.29 is 0 Å². The lowest BCUT2D eigenvalue weighted by atomic mass is 9.95. The van der Waals surface area contributed by atoms with Gasteiger partial charge in [-0.15, -0.1) is 11.3 Å². The van der Waals surface area contributed by atoms with E-state index in [2.05, 4.69) is 54.7 Å². The molecule has 0 atom stereocenters. The maximum Gasteiger partial charge on any atom is 0.194 e. The van der Waals surface area contributed by atoms with Crippen LogP contribution in [0.5, 0.6) is 0 Å². The van der Waals surface area contributed by atoms with Crippen LogP contribution in [0, 0.1) is 13.8 Å². The Labute approximate surface area is 113 Å². The minimum Gasteiger partial charge on any atom is -0.306 e. The van der Waals surface area contributed by atoms with Crippen LogP contribution in [0.4, 0.5) is 0 Å². The number of aryl methyl sites for hydroxylation is 2. The van der Waals surface area contributed by atoms with Crippen LogP contribution < -0.4 is 5.32 Å². The van der Waals surface area contributed by atoms with Crippen LogP contribution >= 0.6 is 11.3 Å². The summed E-state index contributed by atoms with van der Waals surface area (Å²) in [7, 11) is 0. The molecule has 0 radical (unpaired) electrons. The van der Waals surface area contributed by atoms with Gasteiger partial charge in [0, 0.05) is 23.2 Å². The van der Waals surface area contributed by atoms with E-state index in [0.717, 1.165) is 30.0 Å². The van der Waals surface area contributed by atoms with Gasteiger partial charge in [-0.2, -0.15) is 0 Å². The van der Waals surface area contributed by atoms with Crippen LogP contribution in [0.3, 0.4) is 0 Å². The Balaban J connectivity index is 2.26. The van der Waals surface area contributed by atoms with Crippen molar-refractivity contribution in [1.82, 2.24) is 14.7 Å². The van der Waals surface area contributed by atoms with Gasteiger partial charge in [0.1, 0.15) is 0 Å². The molecule has 2 aromatic heterocycles. The van der Waals surface area contributed by atoms with E-state index in [9.17, 15) is 0 Å². The number of hydrogen-bond donors (Lipinski definition) is 1. The van der Waals surface area contributed by atoms with E-state index in [4.69, 9.17) is 0 Å². The third-order valence-electron chi connectivity index (χ3n) is 4.07. The molecule has 0 spiro atoms. The molecule has 0 aliphatic rings. The van der Waals surface area contributed by atoms with E-state index in [-0.39, 0.29) is 5.54 Å². The van der Waals surface area contributed by atoms with Crippen molar-refractivity contribution in [2.45, 2.75) is 59.5 Å². The van der Waals surface area contributed by atoms with Crippen molar-refractivity contribution in [3.8, 4) is 0 Å². The van der Waals surface area contributed by atoms with E-state index in [0.29, 0.717) is 0 Å². The topological polar surface area (TPSA) is 29.3 Å². The zero-order chi connectivity index (χ0) is 13.3. The summed E-state index contributed by atoms with van der Waals surface area (Å²) in [6.07, 6.45) is 2.29. The minimum atomic E-state index is 0.223. The summed E-state index contributed by atoms with van der Waals surface area (Å²) in [5.41, 5.74) is 3.95. The second-order valence-corrected chi connectivity index (χ2v) is 6.10. The largest absolute Gasteiger partial charge is 0.306 e. The first-order valence-corrected chi connectivity index (χ1v) is 7.55. The summed E-state index contributed by atoms with van der Waals surface area (Å²) in [5, 5.41) is 5.86. The SMILES string of the molecule is CCC(C)(CC)NCc1c(C)nc2scc(C)n12. The predicted molar refractivity (Wildman–Crippen MR) is 78.4 cm³/mol. The third kappa shape index (κ3) is 2.31. The third-order valence-corrected chi connectivity index (χ3v) is 5.02. The smallest absolute Gasteiger partial charge is 0.194 e. The van der Waals surface area contributed by atoms with Crippen molar-refractivity contribution >= 4 is 16.3 Å². The van der Waals surface area contributed by atoms with Crippen LogP contribution in [0.2, 0.25) is 0 Å². The van der Waals surface area contributed by atoms with Gasteiger partial charge < -0.3 is 5.32 Å². The molecule has 1 N–H and O–H groups in total. The molecule has 0 unspecified atom stereocenters. The Morgan fingerprint density at radius 1 is 1.33 bits per heavy atom. The average molecular weight is 265 g/mol. The van der Waals surface area contributed by atoms with Crippen molar-refractivity contribution in [1.29, 1.82) is 0 Å². The lowest BCUT2D eigenvalue weighted by Crippen LogP contribution is -2.40. The molecular formula is C14H23N3S. The highest BCUT2D eigenvalue weighted by Gasteiger charge is 2.20. The van der Waals surface area contributed by atoms with Crippen molar-refractivity contribution in [3.63, 3.8) is 0 Å². The fourth-order valence-corrected chi connectivity index (χ4v) is 3.10. The van der Waals surface area contributed by atoms with Gasteiger partial charge in [0.25, 0.3) is 0 Å². The summed E-state index contributed by atoms with van der Waals surface area (Å²) in [6.45, 7) is 11.9. The number of fused-ring (bicyclic) bond motifs is 1. The summed E-state index contributed by atoms with van der Waals surface area (Å²) in [6, 6.07) is 0. The molecule has 0 fully saturated rings. The molecular weight excluding hydrogens is 242 g/mol. The molecule has 2 rings (SSSR count). The first-order chi connectivity index (χ1) is 8.50. The molecule has 0 aliphatic carbocycles. The fourth-order valence-electron chi connectivity index (χ4n) is 2.17. The van der Waals surface area contributed by atoms with Gasteiger partial charge in [0.2, 0.25) is 0 Å². The van der Waals surface area contributed by atoms with E-state index < -0.39 is 0 Å². The molecule has 4 heteroatoms. The number of thiazole rings is 1. The van der Waals surface area contributed by atoms with Gasteiger partial charge in [0.05, 0.1) is 11.4 Å². The van der Waals surface area contributed by atoms with Gasteiger partial charge in [0.15, 0.2) is 4.96 Å². The molecule has 3 nitrogen and oxygen atoms in total. The maximum absolute atomic E-state index is 4.63. The molecule has 0 amide bonds. The van der Waals surface area contributed by atoms with Crippen LogP contribution in [0.25, 0.3) is 4.96 Å². The zero-order valence-electron chi connectivity index (χ0n) is 12.0. The second kappa shape index (κ2) is 5.02. The molecule has 2 aromatic rings. The zero-order valence-corrected chi connectivity index (χ0v) is 12.8. The number of aromatic nitrogens is 2. The standard InChI is InChI=1S/C14H23N3S/c1-6-14(5,7-2)15-8-12-11(4)16-13-17(12)10(3)9-18-13/h9,15H,6-8H2,1-5H3. The molecule has 2 heterocycles. The molecule has 0 aromatic carbocycles. The lowest BCUT2D eigenvalue weighted by Gasteiger charge is -2.28. The minimum absolute atomic E-state index is 0.223. The van der Waals surface area contributed by atoms with E-state index in [1.807, 2.05) is 0 Å². The Kier molecular flexibility index (Phi) is 3.78. The maximum atomic E-state index is 4.63. The van der Waals surface area contributed by atoms with Crippen molar-refractivity contribution in [3.05, 3.63) is 22.5 Å². The number of rotatable bonds is 5. The number of imidazole rings is 1. The van der Waals surface area contributed by atoms with Gasteiger partial charge in [-0.1, -0.05) is 13.8 Å². The Morgan fingerprint density at radius 3 is 2.61 bits per heavy atom. The lowest BCUT2D eigenvalue weighted by molar-refractivity contribution is 0.327. The molecule has 0 aliphatic heterocycles. The van der Waals surface area contributed by atoms with E-state index >= 15 is 0 Å². The Hall–Kier alpha value is -0.870. The quantitative estimate of drug-likeness (QED) is 0.893. The highest BCUT2D eigenvalue weighted by Crippen LogP contribution is 2.22. The van der Waals surface area contributed by atoms with E-state index in [1.165, 1.54) is 11.4 Å². The predicted octanol–water partition coefficient (Wildman–Crippen LogP) is 3.68. The molecule has 0 saturated heterocycles. The fraction of sp³-hybridized carbons (Fsp3) is 0.643. The van der Waals surface area contributed by atoms with Gasteiger partial charge in [-0.3, -0.25) is 4.40 Å². The first kappa shape index (κ1) is 13.6. The van der Waals surface area contributed by atoms with Crippen molar-refractivity contribution in [2.75, 3.05) is 0 Å². The first-order valence-electron chi connectivity index (χ1n) is 6.67.